The first-order chi connectivity index (χ1) is 14.4. The summed E-state index contributed by atoms with van der Waals surface area (Å²) in [6, 6.07) is 15.0. The van der Waals surface area contributed by atoms with E-state index in [1.807, 2.05) is 0 Å². The lowest BCUT2D eigenvalue weighted by Gasteiger charge is -2.26. The number of morpholine rings is 1. The van der Waals surface area contributed by atoms with Gasteiger partial charge < -0.3 is 15.2 Å². The molecular weight excluding hydrogens is 408 g/mol. The summed E-state index contributed by atoms with van der Waals surface area (Å²) in [5, 5.41) is 0. The van der Waals surface area contributed by atoms with Gasteiger partial charge in [-0.15, -0.1) is 0 Å². The summed E-state index contributed by atoms with van der Waals surface area (Å²) < 4.78 is 37.1. The Bertz CT molecular complexity index is 970. The van der Waals surface area contributed by atoms with Gasteiger partial charge in [0, 0.05) is 25.1 Å². The lowest BCUT2D eigenvalue weighted by Crippen LogP contribution is -2.40. The second-order valence-electron chi connectivity index (χ2n) is 6.84. The van der Waals surface area contributed by atoms with E-state index in [9.17, 15) is 18.0 Å². The second kappa shape index (κ2) is 9.84. The zero-order valence-electron chi connectivity index (χ0n) is 16.4. The normalized spacial score (nSPS) is 16.0. The van der Waals surface area contributed by atoms with E-state index >= 15 is 0 Å². The SMILES string of the molecule is NC(=O)C(OC(=O)CCc1ccc(S(=O)(=O)N2CCOCC2)cc1)c1ccccc1. The Labute approximate surface area is 175 Å². The zero-order valence-corrected chi connectivity index (χ0v) is 17.2. The summed E-state index contributed by atoms with van der Waals surface area (Å²) in [4.78, 5) is 24.0. The molecule has 30 heavy (non-hydrogen) atoms. The number of hydrogen-bond acceptors (Lipinski definition) is 6. The topological polar surface area (TPSA) is 116 Å². The molecule has 1 amide bonds. The summed E-state index contributed by atoms with van der Waals surface area (Å²) in [6.45, 7) is 1.43. The highest BCUT2D eigenvalue weighted by Crippen LogP contribution is 2.20. The molecule has 3 rings (SSSR count). The van der Waals surface area contributed by atoms with Gasteiger partial charge >= 0.3 is 5.97 Å². The molecule has 160 valence electrons. The van der Waals surface area contributed by atoms with Crippen molar-refractivity contribution >= 4 is 21.9 Å². The van der Waals surface area contributed by atoms with E-state index in [0.717, 1.165) is 5.56 Å². The number of primary amides is 1. The Balaban J connectivity index is 1.58. The van der Waals surface area contributed by atoms with Crippen LogP contribution in [0.25, 0.3) is 0 Å². The van der Waals surface area contributed by atoms with Gasteiger partial charge in [0.2, 0.25) is 16.1 Å². The molecule has 0 radical (unpaired) electrons. The first-order valence-electron chi connectivity index (χ1n) is 9.58. The fourth-order valence-corrected chi connectivity index (χ4v) is 4.53. The number of rotatable bonds is 8. The van der Waals surface area contributed by atoms with Crippen LogP contribution in [0.4, 0.5) is 0 Å². The number of nitrogens with zero attached hydrogens (tertiary/aromatic N) is 1. The van der Waals surface area contributed by atoms with Crippen molar-refractivity contribution in [2.24, 2.45) is 5.73 Å². The van der Waals surface area contributed by atoms with Crippen LogP contribution in [0.3, 0.4) is 0 Å². The number of amides is 1. The van der Waals surface area contributed by atoms with Crippen LogP contribution in [0.2, 0.25) is 0 Å². The van der Waals surface area contributed by atoms with Gasteiger partial charge in [-0.05, 0) is 24.1 Å². The van der Waals surface area contributed by atoms with Gasteiger partial charge in [0.15, 0.2) is 0 Å². The molecule has 1 heterocycles. The van der Waals surface area contributed by atoms with Crippen LogP contribution < -0.4 is 5.73 Å². The first-order valence-corrected chi connectivity index (χ1v) is 11.0. The quantitative estimate of drug-likeness (QED) is 0.631. The Morgan fingerprint density at radius 3 is 2.27 bits per heavy atom. The third-order valence-electron chi connectivity index (χ3n) is 4.76. The summed E-state index contributed by atoms with van der Waals surface area (Å²) in [7, 11) is -3.56. The van der Waals surface area contributed by atoms with E-state index in [4.69, 9.17) is 15.2 Å². The number of sulfonamides is 1. The van der Waals surface area contributed by atoms with Gasteiger partial charge in [-0.2, -0.15) is 4.31 Å². The van der Waals surface area contributed by atoms with Crippen LogP contribution in [0.5, 0.6) is 0 Å². The number of ether oxygens (including phenoxy) is 2. The lowest BCUT2D eigenvalue weighted by atomic mass is 10.1. The third-order valence-corrected chi connectivity index (χ3v) is 6.67. The smallest absolute Gasteiger partial charge is 0.307 e. The van der Waals surface area contributed by atoms with Crippen LogP contribution in [0.1, 0.15) is 23.7 Å². The largest absolute Gasteiger partial charge is 0.447 e. The molecule has 1 unspecified atom stereocenters. The van der Waals surface area contributed by atoms with Gasteiger partial charge in [-0.3, -0.25) is 9.59 Å². The van der Waals surface area contributed by atoms with Crippen molar-refractivity contribution in [2.45, 2.75) is 23.8 Å². The lowest BCUT2D eigenvalue weighted by molar-refractivity contribution is -0.155. The highest BCUT2D eigenvalue weighted by Gasteiger charge is 2.26. The Kier molecular flexibility index (Phi) is 7.20. The predicted octanol–water partition coefficient (Wildman–Crippen LogP) is 1.41. The maximum absolute atomic E-state index is 12.6. The van der Waals surface area contributed by atoms with E-state index in [-0.39, 0.29) is 11.3 Å². The van der Waals surface area contributed by atoms with Crippen LogP contribution in [-0.4, -0.2) is 50.9 Å². The Morgan fingerprint density at radius 2 is 1.67 bits per heavy atom. The number of carbonyl (C=O) groups is 2. The molecule has 1 aliphatic heterocycles. The van der Waals surface area contributed by atoms with Crippen molar-refractivity contribution in [3.05, 3.63) is 65.7 Å². The van der Waals surface area contributed by atoms with E-state index < -0.39 is 28.0 Å². The van der Waals surface area contributed by atoms with Crippen molar-refractivity contribution in [3.63, 3.8) is 0 Å². The van der Waals surface area contributed by atoms with Crippen molar-refractivity contribution < 1.29 is 27.5 Å². The minimum Gasteiger partial charge on any atom is -0.447 e. The molecule has 0 aromatic heterocycles. The molecular formula is C21H24N2O6S. The van der Waals surface area contributed by atoms with E-state index in [0.29, 0.717) is 38.3 Å². The molecule has 1 saturated heterocycles. The number of esters is 1. The summed E-state index contributed by atoms with van der Waals surface area (Å²) in [5.74, 6) is -1.31. The van der Waals surface area contributed by atoms with E-state index in [1.54, 1.807) is 42.5 Å². The number of nitrogens with two attached hydrogens (primary N) is 1. The summed E-state index contributed by atoms with van der Waals surface area (Å²) in [5.41, 5.74) is 6.65. The Hall–Kier alpha value is -2.75. The highest BCUT2D eigenvalue weighted by atomic mass is 32.2. The number of hydrogen-bond donors (Lipinski definition) is 1. The molecule has 0 spiro atoms. The molecule has 0 saturated carbocycles. The average molecular weight is 432 g/mol. The zero-order chi connectivity index (χ0) is 21.6. The minimum atomic E-state index is -3.56. The monoisotopic (exact) mass is 432 g/mol. The van der Waals surface area contributed by atoms with Crippen LogP contribution in [0, 0.1) is 0 Å². The summed E-state index contributed by atoms with van der Waals surface area (Å²) >= 11 is 0. The minimum absolute atomic E-state index is 0.0339. The first kappa shape index (κ1) is 21.9. The van der Waals surface area contributed by atoms with Crippen molar-refractivity contribution in [2.75, 3.05) is 26.3 Å². The summed E-state index contributed by atoms with van der Waals surface area (Å²) in [6.07, 6.45) is -0.761. The maximum atomic E-state index is 12.6. The van der Waals surface area contributed by atoms with Gasteiger partial charge in [0.25, 0.3) is 5.91 Å². The number of benzene rings is 2. The van der Waals surface area contributed by atoms with Gasteiger partial charge in [-0.1, -0.05) is 42.5 Å². The fourth-order valence-electron chi connectivity index (χ4n) is 3.12. The molecule has 2 aromatic rings. The molecule has 8 nitrogen and oxygen atoms in total. The molecule has 2 N–H and O–H groups in total. The molecule has 2 aromatic carbocycles. The van der Waals surface area contributed by atoms with Gasteiger partial charge in [0.1, 0.15) is 0 Å². The van der Waals surface area contributed by atoms with E-state index in [2.05, 4.69) is 0 Å². The fraction of sp³-hybridized carbons (Fsp3) is 0.333. The molecule has 0 bridgehead atoms. The van der Waals surface area contributed by atoms with Gasteiger partial charge in [-0.25, -0.2) is 8.42 Å². The standard InChI is InChI=1S/C21H24N2O6S/c22-21(25)20(17-4-2-1-3-5-17)29-19(24)11-8-16-6-9-18(10-7-16)30(26,27)23-12-14-28-15-13-23/h1-7,9-10,20H,8,11-15H2,(H2,22,25). The van der Waals surface area contributed by atoms with E-state index in [1.165, 1.54) is 16.4 Å². The maximum Gasteiger partial charge on any atom is 0.307 e. The number of carbonyl (C=O) groups excluding carboxylic acids is 2. The molecule has 1 fully saturated rings. The molecule has 0 aliphatic carbocycles. The molecule has 1 aliphatic rings. The van der Waals surface area contributed by atoms with Crippen LogP contribution >= 0.6 is 0 Å². The third kappa shape index (κ3) is 5.44. The second-order valence-corrected chi connectivity index (χ2v) is 8.78. The van der Waals surface area contributed by atoms with Gasteiger partial charge in [0.05, 0.1) is 18.1 Å². The number of aryl methyl sites for hydroxylation is 1. The van der Waals surface area contributed by atoms with Crippen molar-refractivity contribution in [3.8, 4) is 0 Å². The highest BCUT2D eigenvalue weighted by molar-refractivity contribution is 7.89. The predicted molar refractivity (Wildman–Crippen MR) is 109 cm³/mol. The van der Waals surface area contributed by atoms with Crippen molar-refractivity contribution in [1.29, 1.82) is 0 Å². The molecule has 1 atom stereocenters. The molecule has 9 heteroatoms. The van der Waals surface area contributed by atoms with Crippen LogP contribution in [0.15, 0.2) is 59.5 Å². The Morgan fingerprint density at radius 1 is 1.03 bits per heavy atom. The van der Waals surface area contributed by atoms with Crippen LogP contribution in [-0.2, 0) is 35.5 Å². The van der Waals surface area contributed by atoms with Crippen molar-refractivity contribution in [1.82, 2.24) is 4.31 Å². The average Bonchev–Trinajstić information content (AvgIpc) is 2.77.